The number of amides is 2. The van der Waals surface area contributed by atoms with E-state index in [0.717, 1.165) is 11.1 Å². The molecule has 1 N–H and O–H groups in total. The van der Waals surface area contributed by atoms with Crippen molar-refractivity contribution in [3.63, 3.8) is 0 Å². The predicted octanol–water partition coefficient (Wildman–Crippen LogP) is 3.95. The number of carbonyl (C=O) groups is 2. The molecule has 0 spiro atoms. The molecule has 0 saturated heterocycles. The van der Waals surface area contributed by atoms with Crippen LogP contribution in [0.2, 0.25) is 5.02 Å². The summed E-state index contributed by atoms with van der Waals surface area (Å²) in [5.74, 6) is -0.882. The molecule has 0 radical (unpaired) electrons. The molecule has 196 valence electrons. The molecule has 3 rings (SSSR count). The first-order valence-corrected chi connectivity index (χ1v) is 13.5. The van der Waals surface area contributed by atoms with Crippen LogP contribution >= 0.6 is 11.6 Å². The molecule has 9 nitrogen and oxygen atoms in total. The topological polar surface area (TPSA) is 112 Å². The third kappa shape index (κ3) is 7.51. The van der Waals surface area contributed by atoms with Crippen LogP contribution in [0.15, 0.2) is 75.1 Å². The zero-order valence-corrected chi connectivity index (χ0v) is 22.4. The van der Waals surface area contributed by atoms with Crippen molar-refractivity contribution in [1.29, 1.82) is 0 Å². The fourth-order valence-electron chi connectivity index (χ4n) is 3.46. The van der Waals surface area contributed by atoms with Crippen LogP contribution < -0.4 is 5.43 Å². The van der Waals surface area contributed by atoms with Crippen molar-refractivity contribution in [3.05, 3.63) is 88.3 Å². The maximum Gasteiger partial charge on any atom is 0.329 e. The fourth-order valence-corrected chi connectivity index (χ4v) is 4.98. The van der Waals surface area contributed by atoms with Crippen LogP contribution in [0.3, 0.4) is 0 Å². The van der Waals surface area contributed by atoms with Crippen molar-refractivity contribution >= 4 is 39.7 Å². The van der Waals surface area contributed by atoms with Gasteiger partial charge >= 0.3 is 11.8 Å². The summed E-state index contributed by atoms with van der Waals surface area (Å²) in [4.78, 5) is 25.5. The summed E-state index contributed by atoms with van der Waals surface area (Å²) < 4.78 is 34.0. The lowest BCUT2D eigenvalue weighted by molar-refractivity contribution is -0.145. The Labute approximate surface area is 221 Å². The van der Waals surface area contributed by atoms with Crippen molar-refractivity contribution in [2.75, 3.05) is 13.1 Å². The highest BCUT2D eigenvalue weighted by Crippen LogP contribution is 2.23. The van der Waals surface area contributed by atoms with Gasteiger partial charge in [0.15, 0.2) is 0 Å². The van der Waals surface area contributed by atoms with E-state index in [1.165, 1.54) is 39.7 Å². The van der Waals surface area contributed by atoms with Gasteiger partial charge in [0, 0.05) is 24.7 Å². The van der Waals surface area contributed by atoms with Crippen LogP contribution in [0.4, 0.5) is 0 Å². The summed E-state index contributed by atoms with van der Waals surface area (Å²) in [6, 6.07) is 16.8. The highest BCUT2D eigenvalue weighted by Gasteiger charge is 2.26. The van der Waals surface area contributed by atoms with Gasteiger partial charge in [0.25, 0.3) is 0 Å². The standard InChI is InChI=1S/C26H29ClN4O5S/c1-4-30(5-2)26(33)25(32)29-28-16-22-12-13-23(36-22)18-31(17-20-8-6-19(3)7-9-20)37(34,35)24-14-10-21(27)11-15-24/h6-16H,4-5,17-18H2,1-3H3,(H,29,32)/b28-16+. The minimum Gasteiger partial charge on any atom is -0.459 e. The smallest absolute Gasteiger partial charge is 0.329 e. The van der Waals surface area contributed by atoms with Crippen LogP contribution in [0, 0.1) is 6.92 Å². The van der Waals surface area contributed by atoms with E-state index in [4.69, 9.17) is 16.0 Å². The second-order valence-corrected chi connectivity index (χ2v) is 10.6. The Bertz CT molecular complexity index is 1350. The summed E-state index contributed by atoms with van der Waals surface area (Å²) >= 11 is 5.94. The molecule has 0 saturated carbocycles. The van der Waals surface area contributed by atoms with Crippen LogP contribution in [-0.2, 0) is 32.7 Å². The molecule has 0 atom stereocenters. The normalized spacial score (nSPS) is 11.7. The molecular weight excluding hydrogens is 516 g/mol. The number of furan rings is 1. The monoisotopic (exact) mass is 544 g/mol. The molecule has 2 amide bonds. The van der Waals surface area contributed by atoms with Gasteiger partial charge in [-0.2, -0.15) is 9.41 Å². The molecule has 11 heteroatoms. The van der Waals surface area contributed by atoms with E-state index < -0.39 is 21.8 Å². The molecule has 2 aromatic carbocycles. The van der Waals surface area contributed by atoms with Crippen molar-refractivity contribution in [2.45, 2.75) is 38.8 Å². The molecule has 0 unspecified atom stereocenters. The van der Waals surface area contributed by atoms with E-state index >= 15 is 0 Å². The molecule has 0 aliphatic carbocycles. The first-order chi connectivity index (χ1) is 17.6. The Morgan fingerprint density at radius 2 is 1.62 bits per heavy atom. The Kier molecular flexibility index (Phi) is 9.62. The number of nitrogens with one attached hydrogen (secondary N) is 1. The molecule has 1 aromatic heterocycles. The third-order valence-electron chi connectivity index (χ3n) is 5.55. The Balaban J connectivity index is 1.77. The minimum absolute atomic E-state index is 0.0422. The van der Waals surface area contributed by atoms with E-state index in [2.05, 4.69) is 10.5 Å². The number of hydrogen-bond acceptors (Lipinski definition) is 6. The van der Waals surface area contributed by atoms with Gasteiger partial charge in [-0.15, -0.1) is 0 Å². The van der Waals surface area contributed by atoms with Crippen molar-refractivity contribution < 1.29 is 22.4 Å². The first-order valence-electron chi connectivity index (χ1n) is 11.7. The zero-order valence-electron chi connectivity index (χ0n) is 20.8. The maximum absolute atomic E-state index is 13.5. The SMILES string of the molecule is CCN(CC)C(=O)C(=O)N/N=C/c1ccc(CN(Cc2ccc(C)cc2)S(=O)(=O)c2ccc(Cl)cc2)o1. The number of benzene rings is 2. The van der Waals surface area contributed by atoms with E-state index in [1.54, 1.807) is 26.0 Å². The first kappa shape index (κ1) is 28.1. The lowest BCUT2D eigenvalue weighted by Crippen LogP contribution is -2.41. The molecule has 0 aliphatic heterocycles. The van der Waals surface area contributed by atoms with Crippen LogP contribution in [0.1, 0.15) is 36.5 Å². The van der Waals surface area contributed by atoms with Gasteiger partial charge in [-0.25, -0.2) is 13.8 Å². The van der Waals surface area contributed by atoms with Gasteiger partial charge in [-0.05, 0) is 62.7 Å². The number of rotatable bonds is 10. The average Bonchev–Trinajstić information content (AvgIpc) is 3.33. The van der Waals surface area contributed by atoms with E-state index in [0.29, 0.717) is 23.9 Å². The lowest BCUT2D eigenvalue weighted by atomic mass is 10.1. The zero-order chi connectivity index (χ0) is 27.0. The van der Waals surface area contributed by atoms with E-state index in [-0.39, 0.29) is 23.7 Å². The largest absolute Gasteiger partial charge is 0.459 e. The molecule has 1 heterocycles. The highest BCUT2D eigenvalue weighted by atomic mass is 35.5. The number of hydrazone groups is 1. The summed E-state index contributed by atoms with van der Waals surface area (Å²) in [7, 11) is -3.88. The molecular formula is C26H29ClN4O5S. The summed E-state index contributed by atoms with van der Waals surface area (Å²) in [5, 5.41) is 4.21. The van der Waals surface area contributed by atoms with Gasteiger partial charge in [-0.3, -0.25) is 9.59 Å². The second-order valence-electron chi connectivity index (χ2n) is 8.19. The van der Waals surface area contributed by atoms with Crippen molar-refractivity contribution in [3.8, 4) is 0 Å². The average molecular weight is 545 g/mol. The number of sulfonamides is 1. The Morgan fingerprint density at radius 3 is 2.24 bits per heavy atom. The number of hydrogen-bond donors (Lipinski definition) is 1. The lowest BCUT2D eigenvalue weighted by Gasteiger charge is -2.21. The van der Waals surface area contributed by atoms with Crippen LogP contribution in [0.25, 0.3) is 0 Å². The number of halogens is 1. The quantitative estimate of drug-likeness (QED) is 0.236. The predicted molar refractivity (Wildman–Crippen MR) is 141 cm³/mol. The number of likely N-dealkylation sites (N-methyl/N-ethyl adjacent to an activating group) is 1. The second kappa shape index (κ2) is 12.7. The van der Waals surface area contributed by atoms with Gasteiger partial charge in [0.2, 0.25) is 10.0 Å². The molecule has 0 bridgehead atoms. The van der Waals surface area contributed by atoms with Gasteiger partial charge < -0.3 is 9.32 Å². The van der Waals surface area contributed by atoms with Gasteiger partial charge in [0.1, 0.15) is 11.5 Å². The van der Waals surface area contributed by atoms with Crippen molar-refractivity contribution in [1.82, 2.24) is 14.6 Å². The van der Waals surface area contributed by atoms with E-state index in [9.17, 15) is 18.0 Å². The Hall–Kier alpha value is -3.47. The number of aryl methyl sites for hydroxylation is 1. The maximum atomic E-state index is 13.5. The van der Waals surface area contributed by atoms with Crippen LogP contribution in [0.5, 0.6) is 0 Å². The summed E-state index contributed by atoms with van der Waals surface area (Å²) in [6.45, 7) is 6.41. The summed E-state index contributed by atoms with van der Waals surface area (Å²) in [6.07, 6.45) is 1.24. The Morgan fingerprint density at radius 1 is 0.973 bits per heavy atom. The third-order valence-corrected chi connectivity index (χ3v) is 7.61. The molecule has 3 aromatic rings. The van der Waals surface area contributed by atoms with Gasteiger partial charge in [-0.1, -0.05) is 41.4 Å². The summed E-state index contributed by atoms with van der Waals surface area (Å²) in [5.41, 5.74) is 4.06. The molecule has 37 heavy (non-hydrogen) atoms. The minimum atomic E-state index is -3.88. The van der Waals surface area contributed by atoms with Crippen LogP contribution in [-0.4, -0.2) is 48.7 Å². The number of carbonyl (C=O) groups excluding carboxylic acids is 2. The molecule has 0 fully saturated rings. The highest BCUT2D eigenvalue weighted by molar-refractivity contribution is 7.89. The van der Waals surface area contributed by atoms with Gasteiger partial charge in [0.05, 0.1) is 17.7 Å². The fraction of sp³-hybridized carbons (Fsp3) is 0.269. The molecule has 0 aliphatic rings. The van der Waals surface area contributed by atoms with E-state index in [1.807, 2.05) is 31.2 Å². The number of nitrogens with zero attached hydrogens (tertiary/aromatic N) is 3. The van der Waals surface area contributed by atoms with Crippen molar-refractivity contribution in [2.24, 2.45) is 5.10 Å².